The molecule has 2 fully saturated rings. The molecule has 178 valence electrons. The first kappa shape index (κ1) is 21.8. The van der Waals surface area contributed by atoms with Gasteiger partial charge in [-0.2, -0.15) is 15.2 Å². The van der Waals surface area contributed by atoms with Crippen molar-refractivity contribution in [3.8, 4) is 0 Å². The van der Waals surface area contributed by atoms with Crippen LogP contribution in [-0.4, -0.2) is 44.1 Å². The number of benzene rings is 1. The molecule has 3 aromatic rings. The lowest BCUT2D eigenvalue weighted by Gasteiger charge is -2.39. The summed E-state index contributed by atoms with van der Waals surface area (Å²) in [5.74, 6) is 2.37. The summed E-state index contributed by atoms with van der Waals surface area (Å²) in [5, 5.41) is 17.2. The molecular weight excluding hydrogens is 453 g/mol. The van der Waals surface area contributed by atoms with Gasteiger partial charge in [-0.05, 0) is 74.3 Å². The minimum absolute atomic E-state index is 0.000232. The number of nitrogens with zero attached hydrogens (tertiary/aromatic N) is 6. The Labute approximate surface area is 203 Å². The van der Waals surface area contributed by atoms with Crippen molar-refractivity contribution in [3.05, 3.63) is 58.4 Å². The zero-order chi connectivity index (χ0) is 23.2. The van der Waals surface area contributed by atoms with Crippen molar-refractivity contribution in [2.45, 2.75) is 57.5 Å². The van der Waals surface area contributed by atoms with Crippen molar-refractivity contribution in [1.29, 1.82) is 0 Å². The van der Waals surface area contributed by atoms with E-state index in [1.165, 1.54) is 18.9 Å². The van der Waals surface area contributed by atoms with E-state index in [-0.39, 0.29) is 11.7 Å². The summed E-state index contributed by atoms with van der Waals surface area (Å²) in [6.07, 6.45) is 7.29. The van der Waals surface area contributed by atoms with Crippen LogP contribution in [0.5, 0.6) is 0 Å². The van der Waals surface area contributed by atoms with Crippen LogP contribution in [-0.2, 0) is 6.54 Å². The summed E-state index contributed by atoms with van der Waals surface area (Å²) in [6, 6.07) is 7.27. The Morgan fingerprint density at radius 3 is 2.65 bits per heavy atom. The Bertz CT molecular complexity index is 1160. The van der Waals surface area contributed by atoms with E-state index in [0.29, 0.717) is 28.8 Å². The van der Waals surface area contributed by atoms with Crippen LogP contribution >= 0.6 is 11.6 Å². The van der Waals surface area contributed by atoms with Crippen LogP contribution < -0.4 is 10.2 Å². The zero-order valence-corrected chi connectivity index (χ0v) is 20.0. The predicted molar refractivity (Wildman–Crippen MR) is 130 cm³/mol. The molecule has 0 unspecified atom stereocenters. The molecular formula is C25H29ClFN7. The molecule has 1 aliphatic carbocycles. The highest BCUT2D eigenvalue weighted by molar-refractivity contribution is 6.30. The van der Waals surface area contributed by atoms with Gasteiger partial charge in [0, 0.05) is 36.6 Å². The van der Waals surface area contributed by atoms with Crippen LogP contribution in [0.3, 0.4) is 0 Å². The quantitative estimate of drug-likeness (QED) is 0.576. The van der Waals surface area contributed by atoms with Crippen molar-refractivity contribution in [1.82, 2.24) is 25.0 Å². The van der Waals surface area contributed by atoms with Crippen LogP contribution in [0.4, 0.5) is 16.0 Å². The van der Waals surface area contributed by atoms with Crippen LogP contribution in [0.15, 0.2) is 30.5 Å². The lowest BCUT2D eigenvalue weighted by molar-refractivity contribution is 0.376. The average molecular weight is 482 g/mol. The van der Waals surface area contributed by atoms with Gasteiger partial charge in [-0.1, -0.05) is 18.0 Å². The lowest BCUT2D eigenvalue weighted by atomic mass is 9.92. The molecule has 1 saturated heterocycles. The van der Waals surface area contributed by atoms with Crippen LogP contribution in [0.1, 0.15) is 55.1 Å². The maximum Gasteiger partial charge on any atom is 0.242 e. The Hall–Kier alpha value is -2.74. The van der Waals surface area contributed by atoms with E-state index < -0.39 is 0 Å². The van der Waals surface area contributed by atoms with Gasteiger partial charge in [-0.3, -0.25) is 0 Å². The van der Waals surface area contributed by atoms with Crippen molar-refractivity contribution in [3.63, 3.8) is 0 Å². The van der Waals surface area contributed by atoms with E-state index in [4.69, 9.17) is 21.7 Å². The van der Waals surface area contributed by atoms with E-state index >= 15 is 0 Å². The largest absolute Gasteiger partial charge is 0.369 e. The zero-order valence-electron chi connectivity index (χ0n) is 19.3. The molecule has 4 atom stereocenters. The summed E-state index contributed by atoms with van der Waals surface area (Å²) < 4.78 is 16.1. The smallest absolute Gasteiger partial charge is 0.242 e. The van der Waals surface area contributed by atoms with Gasteiger partial charge in [0.25, 0.3) is 0 Å². The van der Waals surface area contributed by atoms with Crippen molar-refractivity contribution in [2.75, 3.05) is 23.3 Å². The van der Waals surface area contributed by atoms with E-state index in [1.54, 1.807) is 6.07 Å². The number of rotatable bonds is 4. The number of piperidine rings is 1. The summed E-state index contributed by atoms with van der Waals surface area (Å²) in [6.45, 7) is 4.82. The van der Waals surface area contributed by atoms with Crippen molar-refractivity contribution in [2.24, 2.45) is 11.8 Å². The Kier molecular flexibility index (Phi) is 5.63. The maximum absolute atomic E-state index is 14.1. The second-order valence-electron chi connectivity index (χ2n) is 10.00. The van der Waals surface area contributed by atoms with Gasteiger partial charge in [0.2, 0.25) is 5.95 Å². The van der Waals surface area contributed by atoms with Gasteiger partial charge >= 0.3 is 0 Å². The third-order valence-corrected chi connectivity index (χ3v) is 7.89. The van der Waals surface area contributed by atoms with Gasteiger partial charge in [-0.15, -0.1) is 5.10 Å². The number of aryl methyl sites for hydroxylation is 2. The number of halogens is 2. The number of fused-ring (bicyclic) bond motifs is 3. The summed E-state index contributed by atoms with van der Waals surface area (Å²) >= 11 is 6.17. The van der Waals surface area contributed by atoms with Crippen molar-refractivity contribution >= 4 is 23.2 Å². The SMILES string of the molecule is Cc1cc(N2C[C@H]3CC[C@@H](C2)[C@H]3Nc2nc3n(n2)CCCC[C@@H]3c2cc(F)cc(Cl)c2)cnn1. The molecule has 2 aromatic heterocycles. The fraction of sp³-hybridized carbons (Fsp3) is 0.520. The Morgan fingerprint density at radius 2 is 1.88 bits per heavy atom. The first-order chi connectivity index (χ1) is 16.5. The van der Waals surface area contributed by atoms with Crippen LogP contribution in [0, 0.1) is 24.6 Å². The molecule has 3 aliphatic rings. The molecule has 6 rings (SSSR count). The minimum atomic E-state index is -0.306. The number of anilines is 2. The second kappa shape index (κ2) is 8.80. The minimum Gasteiger partial charge on any atom is -0.369 e. The molecule has 9 heteroatoms. The number of aromatic nitrogens is 5. The third kappa shape index (κ3) is 4.13. The molecule has 1 saturated carbocycles. The first-order valence-electron chi connectivity index (χ1n) is 12.2. The van der Waals surface area contributed by atoms with Gasteiger partial charge in [-0.25, -0.2) is 9.07 Å². The summed E-state index contributed by atoms with van der Waals surface area (Å²) in [4.78, 5) is 7.40. The van der Waals surface area contributed by atoms with E-state index in [1.807, 2.05) is 23.9 Å². The topological polar surface area (TPSA) is 71.8 Å². The Balaban J connectivity index is 1.22. The van der Waals surface area contributed by atoms with Crippen LogP contribution in [0.25, 0.3) is 0 Å². The highest BCUT2D eigenvalue weighted by atomic mass is 35.5. The number of hydrogen-bond donors (Lipinski definition) is 1. The second-order valence-corrected chi connectivity index (χ2v) is 10.4. The fourth-order valence-electron chi connectivity index (χ4n) is 6.12. The van der Waals surface area contributed by atoms with Crippen LogP contribution in [0.2, 0.25) is 5.02 Å². The fourth-order valence-corrected chi connectivity index (χ4v) is 6.35. The maximum atomic E-state index is 14.1. The van der Waals surface area contributed by atoms with Gasteiger partial charge in [0.05, 0.1) is 17.6 Å². The lowest BCUT2D eigenvalue weighted by Crippen LogP contribution is -2.48. The highest BCUT2D eigenvalue weighted by Gasteiger charge is 2.43. The molecule has 4 heterocycles. The van der Waals surface area contributed by atoms with E-state index in [0.717, 1.165) is 61.7 Å². The van der Waals surface area contributed by atoms with E-state index in [2.05, 4.69) is 26.5 Å². The molecule has 1 N–H and O–H groups in total. The molecule has 34 heavy (non-hydrogen) atoms. The third-order valence-electron chi connectivity index (χ3n) is 7.67. The molecule has 1 aromatic carbocycles. The normalized spacial score (nSPS) is 26.3. The van der Waals surface area contributed by atoms with Crippen molar-refractivity contribution < 1.29 is 4.39 Å². The molecule has 7 nitrogen and oxygen atoms in total. The Morgan fingerprint density at radius 1 is 1.06 bits per heavy atom. The molecule has 2 bridgehead atoms. The average Bonchev–Trinajstić information content (AvgIpc) is 3.20. The monoisotopic (exact) mass is 481 g/mol. The first-order valence-corrected chi connectivity index (χ1v) is 12.6. The van der Waals surface area contributed by atoms with Gasteiger partial charge in [0.15, 0.2) is 0 Å². The molecule has 0 amide bonds. The predicted octanol–water partition coefficient (Wildman–Crippen LogP) is 4.81. The van der Waals surface area contributed by atoms with Gasteiger partial charge < -0.3 is 10.2 Å². The standard InChI is InChI=1S/C25H29ClFN7/c1-15-8-21(12-28-31-15)33-13-16-5-6-17(14-33)23(16)29-25-30-24-22(4-2-3-7-34(24)32-25)18-9-19(26)11-20(27)10-18/h8-12,16-17,22-23H,2-7,13-14H2,1H3,(H,29,32)/t16-,17+,22-,23+/m1/s1. The molecule has 2 aliphatic heterocycles. The molecule has 0 radical (unpaired) electrons. The molecule has 0 spiro atoms. The van der Waals surface area contributed by atoms with E-state index in [9.17, 15) is 4.39 Å². The number of nitrogens with one attached hydrogen (secondary N) is 1. The summed E-state index contributed by atoms with van der Waals surface area (Å²) in [5.41, 5.74) is 2.98. The van der Waals surface area contributed by atoms with Gasteiger partial charge in [0.1, 0.15) is 11.6 Å². The highest BCUT2D eigenvalue weighted by Crippen LogP contribution is 2.40. The summed E-state index contributed by atoms with van der Waals surface area (Å²) in [7, 11) is 0. The number of hydrogen-bond acceptors (Lipinski definition) is 6.